The number of nitrogens with zero attached hydrogens (tertiary/aromatic N) is 2. The van der Waals surface area contributed by atoms with Crippen molar-refractivity contribution in [3.63, 3.8) is 0 Å². The Morgan fingerprint density at radius 1 is 1.75 bits per heavy atom. The van der Waals surface area contributed by atoms with Crippen LogP contribution in [0.1, 0.15) is 19.0 Å². The van der Waals surface area contributed by atoms with E-state index in [-0.39, 0.29) is 11.9 Å². The molecule has 4 nitrogen and oxygen atoms in total. The fourth-order valence-corrected chi connectivity index (χ4v) is 1.64. The van der Waals surface area contributed by atoms with Crippen molar-refractivity contribution < 1.29 is 5.11 Å². The van der Waals surface area contributed by atoms with Crippen molar-refractivity contribution in [2.75, 3.05) is 6.54 Å². The number of hydrogen-bond donors (Lipinski definition) is 2. The van der Waals surface area contributed by atoms with E-state index in [4.69, 9.17) is 16.7 Å². The maximum atomic E-state index is 9.16. The van der Waals surface area contributed by atoms with Gasteiger partial charge in [-0.2, -0.15) is 5.10 Å². The molecular formula is C7H10ClN3O. The fourth-order valence-electron chi connectivity index (χ4n) is 1.43. The van der Waals surface area contributed by atoms with Gasteiger partial charge in [-0.15, -0.1) is 0 Å². The summed E-state index contributed by atoms with van der Waals surface area (Å²) in [6.07, 6.45) is 3.66. The van der Waals surface area contributed by atoms with Gasteiger partial charge in [0, 0.05) is 0 Å². The molecule has 0 saturated carbocycles. The van der Waals surface area contributed by atoms with Crippen molar-refractivity contribution in [2.24, 2.45) is 0 Å². The zero-order valence-corrected chi connectivity index (χ0v) is 7.25. The molecule has 1 unspecified atom stereocenters. The third-order valence-electron chi connectivity index (χ3n) is 2.05. The number of hydrogen-bond acceptors (Lipinski definition) is 3. The third-order valence-corrected chi connectivity index (χ3v) is 2.41. The van der Waals surface area contributed by atoms with Gasteiger partial charge in [0.25, 0.3) is 0 Å². The van der Waals surface area contributed by atoms with Gasteiger partial charge in [-0.05, 0) is 19.4 Å². The van der Waals surface area contributed by atoms with Crippen LogP contribution in [0.4, 0.5) is 0 Å². The van der Waals surface area contributed by atoms with Crippen LogP contribution in [0.2, 0.25) is 5.15 Å². The monoisotopic (exact) mass is 187 g/mol. The Hall–Kier alpha value is -0.740. The maximum Gasteiger partial charge on any atom is 0.173 e. The second kappa shape index (κ2) is 2.95. The van der Waals surface area contributed by atoms with E-state index in [1.165, 1.54) is 6.20 Å². The van der Waals surface area contributed by atoms with Gasteiger partial charge >= 0.3 is 0 Å². The number of rotatable bonds is 1. The number of aromatic nitrogens is 2. The summed E-state index contributed by atoms with van der Waals surface area (Å²) in [7, 11) is 0. The zero-order chi connectivity index (χ0) is 8.55. The Labute approximate surface area is 75.1 Å². The van der Waals surface area contributed by atoms with Crippen molar-refractivity contribution in [3.8, 4) is 5.75 Å². The lowest BCUT2D eigenvalue weighted by molar-refractivity contribution is 0.420. The molecule has 1 atom stereocenters. The maximum absolute atomic E-state index is 9.16. The molecule has 0 aliphatic carbocycles. The molecule has 1 aliphatic heterocycles. The molecule has 1 aromatic rings. The molecule has 2 N–H and O–H groups in total. The van der Waals surface area contributed by atoms with Crippen LogP contribution in [0.15, 0.2) is 6.20 Å². The molecule has 2 heterocycles. The smallest absolute Gasteiger partial charge is 0.173 e. The summed E-state index contributed by atoms with van der Waals surface area (Å²) in [6, 6.07) is 0. The summed E-state index contributed by atoms with van der Waals surface area (Å²) in [4.78, 5) is 0. The summed E-state index contributed by atoms with van der Waals surface area (Å²) >= 11 is 5.80. The van der Waals surface area contributed by atoms with Gasteiger partial charge < -0.3 is 5.11 Å². The summed E-state index contributed by atoms with van der Waals surface area (Å²) in [6.45, 7) is 0.988. The SMILES string of the molecule is Oc1cnn(C2CCCN2)c1Cl. The molecule has 0 spiro atoms. The van der Waals surface area contributed by atoms with Crippen LogP contribution in [0, 0.1) is 0 Å². The predicted molar refractivity (Wildman–Crippen MR) is 45.2 cm³/mol. The molecule has 2 rings (SSSR count). The number of aromatic hydroxyl groups is 1. The van der Waals surface area contributed by atoms with Gasteiger partial charge in [0.2, 0.25) is 0 Å². The molecule has 5 heteroatoms. The van der Waals surface area contributed by atoms with E-state index in [1.54, 1.807) is 4.68 Å². The van der Waals surface area contributed by atoms with Crippen molar-refractivity contribution in [2.45, 2.75) is 19.0 Å². The first-order valence-electron chi connectivity index (χ1n) is 3.94. The first-order valence-corrected chi connectivity index (χ1v) is 4.32. The highest BCUT2D eigenvalue weighted by atomic mass is 35.5. The lowest BCUT2D eigenvalue weighted by Crippen LogP contribution is -2.20. The third kappa shape index (κ3) is 1.17. The molecule has 0 amide bonds. The minimum absolute atomic E-state index is 0.0466. The molecule has 1 aliphatic rings. The zero-order valence-electron chi connectivity index (χ0n) is 6.50. The fraction of sp³-hybridized carbons (Fsp3) is 0.571. The van der Waals surface area contributed by atoms with Crippen LogP contribution in [-0.4, -0.2) is 21.4 Å². The molecule has 0 aromatic carbocycles. The summed E-state index contributed by atoms with van der Waals surface area (Å²) in [5.41, 5.74) is 0. The van der Waals surface area contributed by atoms with E-state index in [0.717, 1.165) is 19.4 Å². The van der Waals surface area contributed by atoms with Crippen molar-refractivity contribution in [1.82, 2.24) is 15.1 Å². The molecular weight excluding hydrogens is 178 g/mol. The Kier molecular flexibility index (Phi) is 1.94. The molecule has 0 bridgehead atoms. The standard InChI is InChI=1S/C7H10ClN3O/c8-7-5(12)4-10-11(7)6-2-1-3-9-6/h4,6,9,12H,1-3H2. The first kappa shape index (κ1) is 7.89. The molecule has 1 fully saturated rings. The van der Waals surface area contributed by atoms with Crippen LogP contribution < -0.4 is 5.32 Å². The van der Waals surface area contributed by atoms with Crippen LogP contribution >= 0.6 is 11.6 Å². The van der Waals surface area contributed by atoms with Crippen molar-refractivity contribution in [1.29, 1.82) is 0 Å². The second-order valence-corrected chi connectivity index (χ2v) is 3.24. The summed E-state index contributed by atoms with van der Waals surface area (Å²) < 4.78 is 1.61. The molecule has 0 radical (unpaired) electrons. The lowest BCUT2D eigenvalue weighted by Gasteiger charge is -2.10. The summed E-state index contributed by atoms with van der Waals surface area (Å²) in [5.74, 6) is 0.0466. The van der Waals surface area contributed by atoms with Crippen LogP contribution in [0.25, 0.3) is 0 Å². The summed E-state index contributed by atoms with van der Waals surface area (Å²) in [5, 5.41) is 16.7. The minimum atomic E-state index is 0.0466. The van der Waals surface area contributed by atoms with E-state index >= 15 is 0 Å². The topological polar surface area (TPSA) is 50.1 Å². The normalized spacial score (nSPS) is 23.2. The first-order chi connectivity index (χ1) is 5.79. The lowest BCUT2D eigenvalue weighted by atomic mass is 10.3. The predicted octanol–water partition coefficient (Wildman–Crippen LogP) is 1.12. The van der Waals surface area contributed by atoms with Gasteiger partial charge in [0.15, 0.2) is 10.9 Å². The molecule has 1 aromatic heterocycles. The van der Waals surface area contributed by atoms with E-state index < -0.39 is 0 Å². The second-order valence-electron chi connectivity index (χ2n) is 2.88. The van der Waals surface area contributed by atoms with Gasteiger partial charge in [-0.1, -0.05) is 11.6 Å². The van der Waals surface area contributed by atoms with Gasteiger partial charge in [0.05, 0.1) is 6.20 Å². The van der Waals surface area contributed by atoms with Crippen LogP contribution in [0.3, 0.4) is 0 Å². The average Bonchev–Trinajstić information content (AvgIpc) is 2.64. The van der Waals surface area contributed by atoms with E-state index in [9.17, 15) is 0 Å². The Morgan fingerprint density at radius 3 is 3.08 bits per heavy atom. The number of halogens is 1. The highest BCUT2D eigenvalue weighted by Crippen LogP contribution is 2.27. The van der Waals surface area contributed by atoms with E-state index in [2.05, 4.69) is 10.4 Å². The minimum Gasteiger partial charge on any atom is -0.504 e. The van der Waals surface area contributed by atoms with Gasteiger partial charge in [0.1, 0.15) is 6.17 Å². The molecule has 1 saturated heterocycles. The van der Waals surface area contributed by atoms with E-state index in [0.29, 0.717) is 5.15 Å². The van der Waals surface area contributed by atoms with E-state index in [1.807, 2.05) is 0 Å². The molecule has 66 valence electrons. The Bertz CT molecular complexity index is 280. The van der Waals surface area contributed by atoms with Crippen LogP contribution in [0.5, 0.6) is 5.75 Å². The highest BCUT2D eigenvalue weighted by molar-refractivity contribution is 6.30. The highest BCUT2D eigenvalue weighted by Gasteiger charge is 2.20. The average molecular weight is 188 g/mol. The Morgan fingerprint density at radius 2 is 2.58 bits per heavy atom. The van der Waals surface area contributed by atoms with Crippen molar-refractivity contribution >= 4 is 11.6 Å². The van der Waals surface area contributed by atoms with Gasteiger partial charge in [-0.25, -0.2) is 4.68 Å². The van der Waals surface area contributed by atoms with Crippen LogP contribution in [-0.2, 0) is 0 Å². The van der Waals surface area contributed by atoms with Gasteiger partial charge in [-0.3, -0.25) is 5.32 Å². The quantitative estimate of drug-likeness (QED) is 0.693. The Balaban J connectivity index is 2.26. The number of nitrogens with one attached hydrogen (secondary N) is 1. The molecule has 12 heavy (non-hydrogen) atoms. The van der Waals surface area contributed by atoms with Crippen molar-refractivity contribution in [3.05, 3.63) is 11.3 Å². The largest absolute Gasteiger partial charge is 0.504 e.